The molecule has 0 unspecified atom stereocenters. The second kappa shape index (κ2) is 9.11. The molecular formula is C17H23N3O3S2. The summed E-state index contributed by atoms with van der Waals surface area (Å²) >= 11 is 1.63. The summed E-state index contributed by atoms with van der Waals surface area (Å²) in [5, 5.41) is 11.3. The molecular weight excluding hydrogens is 358 g/mol. The summed E-state index contributed by atoms with van der Waals surface area (Å²) in [4.78, 5) is 13.2. The van der Waals surface area contributed by atoms with Crippen LogP contribution in [0.4, 0.5) is 5.69 Å². The average Bonchev–Trinajstić information content (AvgIpc) is 2.57. The van der Waals surface area contributed by atoms with Crippen LogP contribution in [-0.2, 0) is 14.8 Å². The Morgan fingerprint density at radius 2 is 2.12 bits per heavy atom. The van der Waals surface area contributed by atoms with Gasteiger partial charge in [-0.05, 0) is 37.0 Å². The minimum atomic E-state index is -3.30. The number of carbonyl (C=O) groups is 1. The lowest BCUT2D eigenvalue weighted by atomic mass is 9.80. The standard InChI is InChI=1S/C17H23N3O3S2/c1-25(22,23)20-14-6-4-7-15(11-14)24-12-13-5-2-3-8-16(13)17(21)19-10-9-18/h4,6-7,11,13,16,20H,2-3,5,8,10,12H2,1H3,(H,19,21)/t13-,16+/m0/s1. The monoisotopic (exact) mass is 381 g/mol. The molecule has 1 aliphatic rings. The van der Waals surface area contributed by atoms with E-state index in [0.717, 1.165) is 42.6 Å². The zero-order chi connectivity index (χ0) is 18.3. The Bertz CT molecular complexity index is 744. The van der Waals surface area contributed by atoms with Gasteiger partial charge in [0.1, 0.15) is 6.54 Å². The van der Waals surface area contributed by atoms with Crippen molar-refractivity contribution >= 4 is 33.4 Å². The van der Waals surface area contributed by atoms with E-state index in [-0.39, 0.29) is 24.3 Å². The summed E-state index contributed by atoms with van der Waals surface area (Å²) < 4.78 is 25.1. The summed E-state index contributed by atoms with van der Waals surface area (Å²) in [6.45, 7) is 0.0500. The van der Waals surface area contributed by atoms with Crippen molar-refractivity contribution in [2.45, 2.75) is 30.6 Å². The van der Waals surface area contributed by atoms with E-state index in [1.807, 2.05) is 18.2 Å². The summed E-state index contributed by atoms with van der Waals surface area (Å²) in [6.07, 6.45) is 5.14. The number of hydrogen-bond acceptors (Lipinski definition) is 5. The molecule has 0 aromatic heterocycles. The van der Waals surface area contributed by atoms with Crippen molar-refractivity contribution in [1.82, 2.24) is 5.32 Å². The van der Waals surface area contributed by atoms with Crippen LogP contribution < -0.4 is 10.0 Å². The van der Waals surface area contributed by atoms with E-state index in [1.165, 1.54) is 0 Å². The maximum atomic E-state index is 12.2. The Kier molecular flexibility index (Phi) is 7.14. The number of hydrogen-bond donors (Lipinski definition) is 2. The lowest BCUT2D eigenvalue weighted by molar-refractivity contribution is -0.127. The number of amides is 1. The molecule has 2 N–H and O–H groups in total. The van der Waals surface area contributed by atoms with Gasteiger partial charge in [-0.15, -0.1) is 11.8 Å². The highest BCUT2D eigenvalue weighted by atomic mass is 32.2. The molecule has 25 heavy (non-hydrogen) atoms. The highest BCUT2D eigenvalue weighted by Crippen LogP contribution is 2.35. The quantitative estimate of drug-likeness (QED) is 0.559. The van der Waals surface area contributed by atoms with Gasteiger partial charge in [-0.1, -0.05) is 18.9 Å². The van der Waals surface area contributed by atoms with Gasteiger partial charge in [0.15, 0.2) is 0 Å². The highest BCUT2D eigenvalue weighted by molar-refractivity contribution is 7.99. The molecule has 0 aliphatic heterocycles. The molecule has 2 rings (SSSR count). The molecule has 1 saturated carbocycles. The highest BCUT2D eigenvalue weighted by Gasteiger charge is 2.30. The third kappa shape index (κ3) is 6.59. The van der Waals surface area contributed by atoms with Crippen molar-refractivity contribution in [3.8, 4) is 6.07 Å². The number of nitriles is 1. The Labute approximate surface area is 153 Å². The first-order valence-corrected chi connectivity index (χ1v) is 11.1. The number of nitrogens with one attached hydrogen (secondary N) is 2. The summed E-state index contributed by atoms with van der Waals surface area (Å²) in [6, 6.07) is 9.21. The normalized spacial score (nSPS) is 20.5. The molecule has 0 heterocycles. The topological polar surface area (TPSA) is 99.1 Å². The van der Waals surface area contributed by atoms with Crippen molar-refractivity contribution in [2.24, 2.45) is 11.8 Å². The van der Waals surface area contributed by atoms with Gasteiger partial charge in [-0.25, -0.2) is 8.42 Å². The maximum absolute atomic E-state index is 12.2. The second-order valence-electron chi connectivity index (χ2n) is 6.24. The van der Waals surface area contributed by atoms with Crippen LogP contribution in [0.3, 0.4) is 0 Å². The maximum Gasteiger partial charge on any atom is 0.229 e. The molecule has 0 radical (unpaired) electrons. The number of carbonyl (C=O) groups excluding carboxylic acids is 1. The lowest BCUT2D eigenvalue weighted by Crippen LogP contribution is -2.37. The molecule has 6 nitrogen and oxygen atoms in total. The van der Waals surface area contributed by atoms with Gasteiger partial charge in [0, 0.05) is 22.3 Å². The Morgan fingerprint density at radius 3 is 2.84 bits per heavy atom. The summed E-state index contributed by atoms with van der Waals surface area (Å²) in [5.41, 5.74) is 0.541. The first kappa shape index (κ1) is 19.6. The van der Waals surface area contributed by atoms with Crippen LogP contribution in [-0.4, -0.2) is 32.9 Å². The fourth-order valence-corrected chi connectivity index (χ4v) is 4.82. The van der Waals surface area contributed by atoms with Crippen LogP contribution in [0.5, 0.6) is 0 Å². The minimum absolute atomic E-state index is 0.0284. The van der Waals surface area contributed by atoms with Crippen molar-refractivity contribution in [3.05, 3.63) is 24.3 Å². The molecule has 1 fully saturated rings. The van der Waals surface area contributed by atoms with Crippen molar-refractivity contribution in [3.63, 3.8) is 0 Å². The SMILES string of the molecule is CS(=O)(=O)Nc1cccc(SC[C@@H]2CCCC[C@H]2C(=O)NCC#N)c1. The van der Waals surface area contributed by atoms with Crippen LogP contribution in [0.1, 0.15) is 25.7 Å². The first-order valence-electron chi connectivity index (χ1n) is 8.24. The third-order valence-electron chi connectivity index (χ3n) is 4.19. The fraction of sp³-hybridized carbons (Fsp3) is 0.529. The molecule has 0 spiro atoms. The predicted octanol–water partition coefficient (Wildman–Crippen LogP) is 2.60. The average molecular weight is 382 g/mol. The third-order valence-corrected chi connectivity index (χ3v) is 5.98. The zero-order valence-electron chi connectivity index (χ0n) is 14.2. The van der Waals surface area contributed by atoms with Crippen LogP contribution in [0.2, 0.25) is 0 Å². The molecule has 1 amide bonds. The fourth-order valence-electron chi connectivity index (χ4n) is 3.08. The van der Waals surface area contributed by atoms with Crippen molar-refractivity contribution in [1.29, 1.82) is 5.26 Å². The molecule has 0 bridgehead atoms. The lowest BCUT2D eigenvalue weighted by Gasteiger charge is -2.30. The van der Waals surface area contributed by atoms with Crippen molar-refractivity contribution in [2.75, 3.05) is 23.3 Å². The Hall–Kier alpha value is -1.72. The number of rotatable bonds is 7. The number of sulfonamides is 1. The Morgan fingerprint density at radius 1 is 1.36 bits per heavy atom. The van der Waals surface area contributed by atoms with Gasteiger partial charge in [0.2, 0.25) is 15.9 Å². The molecule has 8 heteroatoms. The van der Waals surface area contributed by atoms with Crippen LogP contribution in [0, 0.1) is 23.2 Å². The van der Waals surface area contributed by atoms with Crippen LogP contribution in [0.15, 0.2) is 29.2 Å². The van der Waals surface area contributed by atoms with Gasteiger partial charge in [0.05, 0.1) is 12.3 Å². The number of nitrogens with zero attached hydrogens (tertiary/aromatic N) is 1. The molecule has 1 aromatic carbocycles. The number of anilines is 1. The first-order chi connectivity index (χ1) is 11.9. The van der Waals surface area contributed by atoms with Gasteiger partial charge >= 0.3 is 0 Å². The smallest absolute Gasteiger partial charge is 0.229 e. The molecule has 0 saturated heterocycles. The summed E-state index contributed by atoms with van der Waals surface area (Å²) in [7, 11) is -3.30. The van der Waals surface area contributed by atoms with Crippen LogP contribution in [0.25, 0.3) is 0 Å². The van der Waals surface area contributed by atoms with Gasteiger partial charge in [0.25, 0.3) is 0 Å². The van der Waals surface area contributed by atoms with E-state index >= 15 is 0 Å². The Balaban J connectivity index is 1.97. The molecule has 1 aromatic rings. The van der Waals surface area contributed by atoms with Gasteiger partial charge < -0.3 is 5.32 Å². The van der Waals surface area contributed by atoms with E-state index < -0.39 is 10.0 Å². The van der Waals surface area contributed by atoms with Crippen LogP contribution >= 0.6 is 11.8 Å². The van der Waals surface area contributed by atoms with Gasteiger partial charge in [-0.3, -0.25) is 9.52 Å². The largest absolute Gasteiger partial charge is 0.343 e. The molecule has 136 valence electrons. The molecule has 2 atom stereocenters. The number of benzene rings is 1. The van der Waals surface area contributed by atoms with E-state index in [0.29, 0.717) is 5.69 Å². The summed E-state index contributed by atoms with van der Waals surface area (Å²) in [5.74, 6) is 0.989. The second-order valence-corrected chi connectivity index (χ2v) is 9.08. The minimum Gasteiger partial charge on any atom is -0.343 e. The van der Waals surface area contributed by atoms with E-state index in [4.69, 9.17) is 5.26 Å². The van der Waals surface area contributed by atoms with E-state index in [1.54, 1.807) is 23.9 Å². The van der Waals surface area contributed by atoms with Crippen molar-refractivity contribution < 1.29 is 13.2 Å². The van der Waals surface area contributed by atoms with Gasteiger partial charge in [-0.2, -0.15) is 5.26 Å². The predicted molar refractivity (Wildman–Crippen MR) is 99.7 cm³/mol. The zero-order valence-corrected chi connectivity index (χ0v) is 15.8. The van der Waals surface area contributed by atoms with E-state index in [9.17, 15) is 13.2 Å². The molecule has 1 aliphatic carbocycles. The number of thioether (sulfide) groups is 1. The van der Waals surface area contributed by atoms with E-state index in [2.05, 4.69) is 10.0 Å².